The van der Waals surface area contributed by atoms with Gasteiger partial charge in [0.15, 0.2) is 0 Å². The molecule has 1 amide bonds. The molecule has 1 unspecified atom stereocenters. The highest BCUT2D eigenvalue weighted by molar-refractivity contribution is 5.83. The van der Waals surface area contributed by atoms with Gasteiger partial charge in [0.05, 0.1) is 6.04 Å². The Morgan fingerprint density at radius 1 is 1.69 bits per heavy atom. The molecule has 4 nitrogen and oxygen atoms in total. The maximum Gasteiger partial charge on any atom is 0.239 e. The number of nitrogens with two attached hydrogens (primary N) is 1. The molecule has 1 aliphatic rings. The molecular formula is C9H18N2O2. The summed E-state index contributed by atoms with van der Waals surface area (Å²) in [5, 5.41) is 0. The van der Waals surface area contributed by atoms with E-state index in [4.69, 9.17) is 10.5 Å². The van der Waals surface area contributed by atoms with E-state index in [0.717, 1.165) is 39.1 Å². The van der Waals surface area contributed by atoms with Crippen molar-refractivity contribution in [3.63, 3.8) is 0 Å². The molecule has 0 aromatic carbocycles. The molecule has 1 saturated heterocycles. The van der Waals surface area contributed by atoms with Crippen LogP contribution in [0.4, 0.5) is 0 Å². The highest BCUT2D eigenvalue weighted by Crippen LogP contribution is 2.08. The Hall–Kier alpha value is -0.610. The van der Waals surface area contributed by atoms with Gasteiger partial charge in [-0.15, -0.1) is 0 Å². The van der Waals surface area contributed by atoms with Crippen molar-refractivity contribution >= 4 is 5.91 Å². The zero-order valence-corrected chi connectivity index (χ0v) is 8.16. The number of ether oxygens (including phenoxy) is 1. The summed E-state index contributed by atoms with van der Waals surface area (Å²) in [4.78, 5) is 13.2. The number of carbonyl (C=O) groups excluding carboxylic acids is 1. The molecule has 1 heterocycles. The van der Waals surface area contributed by atoms with Crippen molar-refractivity contribution in [3.05, 3.63) is 0 Å². The lowest BCUT2D eigenvalue weighted by molar-refractivity contribution is -0.128. The predicted octanol–water partition coefficient (Wildman–Crippen LogP) is -0.0274. The second kappa shape index (κ2) is 5.19. The highest BCUT2D eigenvalue weighted by atomic mass is 16.5. The van der Waals surface area contributed by atoms with Crippen LogP contribution in [0, 0.1) is 0 Å². The van der Waals surface area contributed by atoms with Crippen LogP contribution in [-0.2, 0) is 9.53 Å². The summed E-state index contributed by atoms with van der Waals surface area (Å²) in [5.41, 5.74) is 5.58. The van der Waals surface area contributed by atoms with E-state index in [9.17, 15) is 4.79 Å². The molecule has 1 aliphatic heterocycles. The van der Waals surface area contributed by atoms with E-state index in [2.05, 4.69) is 0 Å². The lowest BCUT2D eigenvalue weighted by Crippen LogP contribution is -2.34. The van der Waals surface area contributed by atoms with Crippen LogP contribution in [0.3, 0.4) is 0 Å². The fourth-order valence-electron chi connectivity index (χ4n) is 1.49. The van der Waals surface area contributed by atoms with Gasteiger partial charge in [0.2, 0.25) is 5.91 Å². The van der Waals surface area contributed by atoms with Gasteiger partial charge in [-0.3, -0.25) is 4.79 Å². The minimum atomic E-state index is -0.257. The first-order chi connectivity index (χ1) is 6.25. The average Bonchev–Trinajstić information content (AvgIpc) is 2.43. The Bertz CT molecular complexity index is 173. The van der Waals surface area contributed by atoms with Crippen LogP contribution < -0.4 is 5.73 Å². The summed E-state index contributed by atoms with van der Waals surface area (Å²) < 4.78 is 5.19. The zero-order valence-electron chi connectivity index (χ0n) is 8.16. The predicted molar refractivity (Wildman–Crippen MR) is 50.3 cm³/mol. The number of carbonyl (C=O) groups is 1. The van der Waals surface area contributed by atoms with Crippen molar-refractivity contribution in [2.75, 3.05) is 26.3 Å². The minimum absolute atomic E-state index is 0.0940. The highest BCUT2D eigenvalue weighted by Gasteiger charge is 2.27. The summed E-state index contributed by atoms with van der Waals surface area (Å²) in [6.45, 7) is 5.04. The summed E-state index contributed by atoms with van der Waals surface area (Å²) in [7, 11) is 0. The quantitative estimate of drug-likeness (QED) is 0.614. The van der Waals surface area contributed by atoms with Crippen LogP contribution >= 0.6 is 0 Å². The van der Waals surface area contributed by atoms with Gasteiger partial charge in [-0.25, -0.2) is 0 Å². The number of hydrogen-bond acceptors (Lipinski definition) is 3. The monoisotopic (exact) mass is 186 g/mol. The molecule has 1 rings (SSSR count). The lowest BCUT2D eigenvalue weighted by Gasteiger charge is -2.15. The molecule has 1 atom stereocenters. The number of hydrogen-bond donors (Lipinski definition) is 1. The van der Waals surface area contributed by atoms with Gasteiger partial charge >= 0.3 is 0 Å². The van der Waals surface area contributed by atoms with E-state index in [1.165, 1.54) is 0 Å². The van der Waals surface area contributed by atoms with Crippen LogP contribution in [0.25, 0.3) is 0 Å². The lowest BCUT2D eigenvalue weighted by atomic mass is 10.3. The number of likely N-dealkylation sites (tertiary alicyclic amines) is 1. The molecule has 0 aromatic heterocycles. The topological polar surface area (TPSA) is 55.6 Å². The van der Waals surface area contributed by atoms with E-state index in [1.54, 1.807) is 0 Å². The van der Waals surface area contributed by atoms with Gasteiger partial charge in [0.25, 0.3) is 0 Å². The van der Waals surface area contributed by atoms with Crippen LogP contribution in [-0.4, -0.2) is 43.2 Å². The van der Waals surface area contributed by atoms with Crippen LogP contribution in [0.1, 0.15) is 19.8 Å². The maximum atomic E-state index is 11.3. The molecule has 0 radical (unpaired) electrons. The van der Waals surface area contributed by atoms with E-state index < -0.39 is 0 Å². The number of rotatable bonds is 5. The third kappa shape index (κ3) is 2.97. The van der Waals surface area contributed by atoms with Crippen LogP contribution in [0.5, 0.6) is 0 Å². The molecule has 4 heteroatoms. The maximum absolute atomic E-state index is 11.3. The molecule has 0 spiro atoms. The second-order valence-corrected chi connectivity index (χ2v) is 3.27. The van der Waals surface area contributed by atoms with Gasteiger partial charge < -0.3 is 15.4 Å². The fourth-order valence-corrected chi connectivity index (χ4v) is 1.49. The first-order valence-electron chi connectivity index (χ1n) is 4.87. The van der Waals surface area contributed by atoms with Crippen molar-refractivity contribution in [1.29, 1.82) is 0 Å². The number of nitrogens with zero attached hydrogens (tertiary/aromatic N) is 1. The normalized spacial score (nSPS) is 22.8. The largest absolute Gasteiger partial charge is 0.382 e. The summed E-state index contributed by atoms with van der Waals surface area (Å²) in [6, 6.07) is -0.257. The standard InChI is InChI=1S/C9H18N2O2/c1-2-13-7-3-5-11-6-4-8(10)9(11)12/h8H,2-7,10H2,1H3. The molecule has 76 valence electrons. The third-order valence-corrected chi connectivity index (χ3v) is 2.26. The van der Waals surface area contributed by atoms with Crippen molar-refractivity contribution in [3.8, 4) is 0 Å². The van der Waals surface area contributed by atoms with Gasteiger partial charge in [0.1, 0.15) is 0 Å². The van der Waals surface area contributed by atoms with Gasteiger partial charge in [-0.05, 0) is 19.8 Å². The van der Waals surface area contributed by atoms with E-state index in [-0.39, 0.29) is 11.9 Å². The second-order valence-electron chi connectivity index (χ2n) is 3.27. The van der Waals surface area contributed by atoms with Crippen molar-refractivity contribution in [2.24, 2.45) is 5.73 Å². The van der Waals surface area contributed by atoms with Crippen LogP contribution in [0.2, 0.25) is 0 Å². The molecule has 1 fully saturated rings. The molecule has 0 aromatic rings. The van der Waals surface area contributed by atoms with Crippen LogP contribution in [0.15, 0.2) is 0 Å². The smallest absolute Gasteiger partial charge is 0.239 e. The third-order valence-electron chi connectivity index (χ3n) is 2.26. The van der Waals surface area contributed by atoms with Crippen molar-refractivity contribution in [2.45, 2.75) is 25.8 Å². The Morgan fingerprint density at radius 3 is 3.00 bits per heavy atom. The molecule has 2 N–H and O–H groups in total. The average molecular weight is 186 g/mol. The van der Waals surface area contributed by atoms with Gasteiger partial charge in [-0.2, -0.15) is 0 Å². The minimum Gasteiger partial charge on any atom is -0.382 e. The zero-order chi connectivity index (χ0) is 9.68. The SMILES string of the molecule is CCOCCCN1CCC(N)C1=O. The Morgan fingerprint density at radius 2 is 2.46 bits per heavy atom. The summed E-state index contributed by atoms with van der Waals surface area (Å²) in [6.07, 6.45) is 1.71. The van der Waals surface area contributed by atoms with Crippen molar-refractivity contribution in [1.82, 2.24) is 4.90 Å². The molecule has 13 heavy (non-hydrogen) atoms. The van der Waals surface area contributed by atoms with E-state index in [0.29, 0.717) is 0 Å². The van der Waals surface area contributed by atoms with E-state index in [1.807, 2.05) is 11.8 Å². The number of amides is 1. The Kier molecular flexibility index (Phi) is 4.18. The first-order valence-corrected chi connectivity index (χ1v) is 4.87. The van der Waals surface area contributed by atoms with E-state index >= 15 is 0 Å². The Balaban J connectivity index is 2.12. The Labute approximate surface area is 79.0 Å². The van der Waals surface area contributed by atoms with Gasteiger partial charge in [0, 0.05) is 26.3 Å². The van der Waals surface area contributed by atoms with Gasteiger partial charge in [-0.1, -0.05) is 0 Å². The summed E-state index contributed by atoms with van der Waals surface area (Å²) >= 11 is 0. The summed E-state index contributed by atoms with van der Waals surface area (Å²) in [5.74, 6) is 0.0940. The van der Waals surface area contributed by atoms with Crippen molar-refractivity contribution < 1.29 is 9.53 Å². The molecular weight excluding hydrogens is 168 g/mol. The first kappa shape index (κ1) is 10.5. The molecule has 0 saturated carbocycles. The molecule has 0 bridgehead atoms. The fraction of sp³-hybridized carbons (Fsp3) is 0.889. The molecule has 0 aliphatic carbocycles.